The van der Waals surface area contributed by atoms with Crippen LogP contribution in [-0.4, -0.2) is 0 Å². The predicted octanol–water partition coefficient (Wildman–Crippen LogP) is 8.04. The molecule has 0 amide bonds. The van der Waals surface area contributed by atoms with E-state index in [-0.39, 0.29) is 22.3 Å². The van der Waals surface area contributed by atoms with Gasteiger partial charge in [0, 0.05) is 44.5 Å². The number of hydrogen-bond donors (Lipinski definition) is 0. The summed E-state index contributed by atoms with van der Waals surface area (Å²) in [4.78, 5) is 0. The van der Waals surface area contributed by atoms with Crippen molar-refractivity contribution in [2.75, 3.05) is 0 Å². The quantitative estimate of drug-likeness (QED) is 0.149. The van der Waals surface area contributed by atoms with E-state index in [4.69, 9.17) is 0 Å². The Morgan fingerprint density at radius 3 is 0.806 bits per heavy atom. The highest BCUT2D eigenvalue weighted by Gasteiger charge is 2.46. The van der Waals surface area contributed by atoms with Crippen LogP contribution in [0.15, 0.2) is 60.7 Å². The molecule has 2 aliphatic rings. The summed E-state index contributed by atoms with van der Waals surface area (Å²) >= 11 is 0. The highest BCUT2D eigenvalue weighted by Crippen LogP contribution is 2.61. The molecule has 4 aromatic rings. The molecule has 0 unspecified atom stereocenters. The molecule has 178 valence electrons. The molecule has 0 atom stereocenters. The second-order valence-electron chi connectivity index (χ2n) is 8.24. The van der Waals surface area contributed by atoms with Crippen LogP contribution in [0.4, 0.5) is 35.1 Å². The average molecular weight is 498 g/mol. The molecule has 0 fully saturated rings. The molecule has 0 nitrogen and oxygen atoms in total. The Hall–Kier alpha value is -4.20. The lowest BCUT2D eigenvalue weighted by Gasteiger charge is -2.15. The molecular weight excluding hydrogens is 488 g/mol. The summed E-state index contributed by atoms with van der Waals surface area (Å²) in [5.74, 6) is -15.6. The third kappa shape index (κ3) is 2.69. The van der Waals surface area contributed by atoms with Gasteiger partial charge in [-0.1, -0.05) is 60.7 Å². The molecule has 0 aliphatic heterocycles. The average Bonchev–Trinajstić information content (AvgIpc) is 3.42. The standard InChI is InChI=1S/C28H10F8/c29-21-17-13(11-7-3-1-4-8-11)15-16(20(17)24(32)28(36)25(21)33)14(12-9-5-2-6-10-12)18-19(15)23(31)27(35)26(34)22(18)30/h1-10H. The zero-order chi connectivity index (χ0) is 25.5. The van der Waals surface area contributed by atoms with Crippen LogP contribution in [0.25, 0.3) is 22.3 Å². The van der Waals surface area contributed by atoms with Gasteiger partial charge >= 0.3 is 0 Å². The third-order valence-corrected chi connectivity index (χ3v) is 6.41. The molecule has 4 aromatic carbocycles. The van der Waals surface area contributed by atoms with Crippen molar-refractivity contribution in [1.29, 1.82) is 0 Å². The van der Waals surface area contributed by atoms with Crippen molar-refractivity contribution in [3.63, 3.8) is 0 Å². The first-order valence-corrected chi connectivity index (χ1v) is 10.6. The Morgan fingerprint density at radius 1 is 0.278 bits per heavy atom. The van der Waals surface area contributed by atoms with Gasteiger partial charge in [-0.3, -0.25) is 0 Å². The van der Waals surface area contributed by atoms with E-state index in [1.807, 2.05) is 0 Å². The first kappa shape index (κ1) is 22.3. The van der Waals surface area contributed by atoms with Crippen LogP contribution < -0.4 is 0 Å². The topological polar surface area (TPSA) is 0 Å². The minimum absolute atomic E-state index is 0.109. The molecule has 2 aliphatic carbocycles. The number of halogens is 8. The number of rotatable bonds is 2. The van der Waals surface area contributed by atoms with Crippen molar-refractivity contribution in [2.24, 2.45) is 0 Å². The molecule has 0 N–H and O–H groups in total. The fourth-order valence-corrected chi connectivity index (χ4v) is 4.99. The second-order valence-corrected chi connectivity index (χ2v) is 8.24. The van der Waals surface area contributed by atoms with Gasteiger partial charge in [0.05, 0.1) is 0 Å². The summed E-state index contributed by atoms with van der Waals surface area (Å²) in [6.45, 7) is 0. The van der Waals surface area contributed by atoms with E-state index < -0.39 is 79.9 Å². The van der Waals surface area contributed by atoms with Crippen LogP contribution in [0.5, 0.6) is 0 Å². The molecule has 8 heteroatoms. The normalized spacial score (nSPS) is 13.9. The fourth-order valence-electron chi connectivity index (χ4n) is 4.99. The zero-order valence-corrected chi connectivity index (χ0v) is 17.8. The highest BCUT2D eigenvalue weighted by atomic mass is 19.2. The highest BCUT2D eigenvalue weighted by molar-refractivity contribution is 6.35. The van der Waals surface area contributed by atoms with Gasteiger partial charge in [0.2, 0.25) is 0 Å². The smallest absolute Gasteiger partial charge is 0.198 e. The van der Waals surface area contributed by atoms with E-state index in [1.54, 1.807) is 12.1 Å². The Bertz CT molecular complexity index is 1560. The maximum absolute atomic E-state index is 15.4. The summed E-state index contributed by atoms with van der Waals surface area (Å²) in [7, 11) is 0. The van der Waals surface area contributed by atoms with Crippen LogP contribution in [0.2, 0.25) is 0 Å². The summed E-state index contributed by atoms with van der Waals surface area (Å²) in [5, 5.41) is 0. The van der Waals surface area contributed by atoms with Crippen LogP contribution >= 0.6 is 0 Å². The molecule has 36 heavy (non-hydrogen) atoms. The molecule has 6 rings (SSSR count). The van der Waals surface area contributed by atoms with E-state index in [0.29, 0.717) is 0 Å². The number of fused-ring (bicyclic) bond motifs is 5. The Labute approximate surface area is 198 Å². The summed E-state index contributed by atoms with van der Waals surface area (Å²) in [6.07, 6.45) is 0. The molecule has 0 radical (unpaired) electrons. The molecular formula is C28H10F8. The van der Waals surface area contributed by atoms with Crippen LogP contribution in [0.1, 0.15) is 33.4 Å². The first-order valence-electron chi connectivity index (χ1n) is 10.6. The van der Waals surface area contributed by atoms with E-state index in [9.17, 15) is 17.6 Å². The maximum Gasteiger partial charge on any atom is 0.198 e. The van der Waals surface area contributed by atoms with E-state index in [1.165, 1.54) is 48.5 Å². The van der Waals surface area contributed by atoms with Gasteiger partial charge in [-0.05, 0) is 11.1 Å². The van der Waals surface area contributed by atoms with Crippen LogP contribution in [0.3, 0.4) is 0 Å². The van der Waals surface area contributed by atoms with Gasteiger partial charge < -0.3 is 0 Å². The van der Waals surface area contributed by atoms with Crippen molar-refractivity contribution in [3.05, 3.63) is 141 Å². The zero-order valence-electron chi connectivity index (χ0n) is 17.8. The van der Waals surface area contributed by atoms with Crippen molar-refractivity contribution >= 4 is 22.3 Å². The minimum Gasteiger partial charge on any atom is -0.203 e. The summed E-state index contributed by atoms with van der Waals surface area (Å²) in [5.41, 5.74) is -4.26. The first-order chi connectivity index (χ1) is 17.3. The minimum atomic E-state index is -2.13. The maximum atomic E-state index is 15.4. The van der Waals surface area contributed by atoms with E-state index in [2.05, 4.69) is 0 Å². The monoisotopic (exact) mass is 498 g/mol. The molecule has 0 saturated carbocycles. The van der Waals surface area contributed by atoms with Gasteiger partial charge in [-0.15, -0.1) is 0 Å². The molecule has 0 heterocycles. The Morgan fingerprint density at radius 2 is 0.528 bits per heavy atom. The van der Waals surface area contributed by atoms with Gasteiger partial charge in [0.25, 0.3) is 0 Å². The Balaban J connectivity index is 1.92. The molecule has 0 aromatic heterocycles. The number of allylic oxidation sites excluding steroid dienone is 2. The number of benzene rings is 4. The molecule has 0 bridgehead atoms. The Kier molecular flexibility index (Phi) is 4.73. The van der Waals surface area contributed by atoms with Crippen molar-refractivity contribution in [1.82, 2.24) is 0 Å². The lowest BCUT2D eigenvalue weighted by Crippen LogP contribution is -2.07. The summed E-state index contributed by atoms with van der Waals surface area (Å²) in [6, 6.07) is 14.8. The number of hydrogen-bond acceptors (Lipinski definition) is 0. The van der Waals surface area contributed by atoms with Crippen molar-refractivity contribution in [2.45, 2.75) is 0 Å². The van der Waals surface area contributed by atoms with Crippen molar-refractivity contribution < 1.29 is 35.1 Å². The van der Waals surface area contributed by atoms with Crippen LogP contribution in [-0.2, 0) is 0 Å². The lowest BCUT2D eigenvalue weighted by atomic mass is 9.90. The molecule has 0 saturated heterocycles. The fraction of sp³-hybridized carbons (Fsp3) is 0. The van der Waals surface area contributed by atoms with Crippen LogP contribution in [0, 0.1) is 46.5 Å². The van der Waals surface area contributed by atoms with E-state index in [0.717, 1.165) is 0 Å². The predicted molar refractivity (Wildman–Crippen MR) is 117 cm³/mol. The molecule has 0 spiro atoms. The lowest BCUT2D eigenvalue weighted by molar-refractivity contribution is 0.406. The van der Waals surface area contributed by atoms with Gasteiger partial charge in [-0.2, -0.15) is 0 Å². The second kappa shape index (κ2) is 7.65. The van der Waals surface area contributed by atoms with Gasteiger partial charge in [-0.25, -0.2) is 35.1 Å². The van der Waals surface area contributed by atoms with Gasteiger partial charge in [0.15, 0.2) is 46.5 Å². The summed E-state index contributed by atoms with van der Waals surface area (Å²) < 4.78 is 119. The largest absolute Gasteiger partial charge is 0.203 e. The third-order valence-electron chi connectivity index (χ3n) is 6.41. The van der Waals surface area contributed by atoms with Crippen molar-refractivity contribution in [3.8, 4) is 0 Å². The van der Waals surface area contributed by atoms with Gasteiger partial charge in [0.1, 0.15) is 0 Å². The SMILES string of the molecule is Fc1c(F)c(F)c2c(c1F)C1=C(c3ccccc3)c3c(F)c(F)c(F)c(F)c3C1=C2c1ccccc1. The van der Waals surface area contributed by atoms with E-state index >= 15 is 17.6 Å².